The lowest BCUT2D eigenvalue weighted by Crippen LogP contribution is -2.29. The topological polar surface area (TPSA) is 75.7 Å². The summed E-state index contributed by atoms with van der Waals surface area (Å²) in [5.74, 6) is -0.277. The zero-order chi connectivity index (χ0) is 17.7. The van der Waals surface area contributed by atoms with Crippen molar-refractivity contribution in [3.63, 3.8) is 0 Å². The van der Waals surface area contributed by atoms with Gasteiger partial charge in [0.15, 0.2) is 0 Å². The van der Waals surface area contributed by atoms with Crippen molar-refractivity contribution >= 4 is 27.3 Å². The van der Waals surface area contributed by atoms with Crippen LogP contribution in [0.1, 0.15) is 22.0 Å². The Balaban J connectivity index is 2.03. The summed E-state index contributed by atoms with van der Waals surface area (Å²) >= 11 is 1.57. The van der Waals surface area contributed by atoms with E-state index >= 15 is 0 Å². The van der Waals surface area contributed by atoms with Crippen LogP contribution in [-0.4, -0.2) is 46.4 Å². The zero-order valence-corrected chi connectivity index (χ0v) is 15.4. The molecule has 0 saturated carbocycles. The summed E-state index contributed by atoms with van der Waals surface area (Å²) in [5, 5.41) is 6.72. The van der Waals surface area contributed by atoms with Gasteiger partial charge in [-0.15, -0.1) is 0 Å². The van der Waals surface area contributed by atoms with E-state index in [0.717, 1.165) is 9.87 Å². The van der Waals surface area contributed by atoms with E-state index in [9.17, 15) is 13.2 Å². The Morgan fingerprint density at radius 1 is 1.25 bits per heavy atom. The number of nitrogens with one attached hydrogen (secondary N) is 1. The van der Waals surface area contributed by atoms with Crippen LogP contribution in [0.3, 0.4) is 0 Å². The van der Waals surface area contributed by atoms with Gasteiger partial charge in [-0.25, -0.2) is 12.7 Å². The Kier molecular flexibility index (Phi) is 6.11. The molecule has 1 aromatic carbocycles. The first-order valence-electron chi connectivity index (χ1n) is 7.22. The normalized spacial score (nSPS) is 13.0. The molecule has 0 fully saturated rings. The van der Waals surface area contributed by atoms with E-state index in [1.165, 1.54) is 38.4 Å². The predicted octanol–water partition coefficient (Wildman–Crippen LogP) is 2.12. The van der Waals surface area contributed by atoms with Crippen molar-refractivity contribution in [1.29, 1.82) is 0 Å². The minimum absolute atomic E-state index is 0.150. The van der Waals surface area contributed by atoms with E-state index < -0.39 is 10.0 Å². The molecule has 0 aliphatic heterocycles. The highest BCUT2D eigenvalue weighted by Crippen LogP contribution is 2.19. The Bertz CT molecular complexity index is 769. The minimum Gasteiger partial charge on any atom is -0.375 e. The fourth-order valence-electron chi connectivity index (χ4n) is 2.07. The largest absolute Gasteiger partial charge is 0.375 e. The zero-order valence-electron chi connectivity index (χ0n) is 13.7. The Morgan fingerprint density at radius 2 is 1.92 bits per heavy atom. The van der Waals surface area contributed by atoms with Gasteiger partial charge in [0.05, 0.1) is 4.90 Å². The van der Waals surface area contributed by atoms with Crippen molar-refractivity contribution in [2.45, 2.75) is 11.0 Å². The molecule has 6 nitrogen and oxygen atoms in total. The third-order valence-corrected chi connectivity index (χ3v) is 6.07. The summed E-state index contributed by atoms with van der Waals surface area (Å²) in [4.78, 5) is 12.4. The van der Waals surface area contributed by atoms with Crippen LogP contribution in [0.2, 0.25) is 0 Å². The number of ether oxygens (including phenoxy) is 1. The SMILES string of the molecule is CO[C@@H](CNC(=O)c1ccc(S(=O)(=O)N(C)C)cc1)c1ccsc1. The third kappa shape index (κ3) is 4.21. The predicted molar refractivity (Wildman–Crippen MR) is 93.7 cm³/mol. The minimum atomic E-state index is -3.50. The molecule has 130 valence electrons. The molecule has 24 heavy (non-hydrogen) atoms. The highest BCUT2D eigenvalue weighted by Gasteiger charge is 2.18. The number of sulfonamides is 1. The number of nitrogens with zero attached hydrogens (tertiary/aromatic N) is 1. The molecule has 1 heterocycles. The highest BCUT2D eigenvalue weighted by molar-refractivity contribution is 7.89. The van der Waals surface area contributed by atoms with Crippen LogP contribution in [0.15, 0.2) is 46.0 Å². The second-order valence-corrected chi connectivity index (χ2v) is 8.23. The molecular formula is C16H20N2O4S2. The summed E-state index contributed by atoms with van der Waals surface area (Å²) in [6, 6.07) is 7.80. The lowest BCUT2D eigenvalue weighted by molar-refractivity contribution is 0.0829. The van der Waals surface area contributed by atoms with E-state index in [4.69, 9.17) is 4.74 Å². The molecule has 0 unspecified atom stereocenters. The molecule has 2 rings (SSSR count). The molecule has 0 saturated heterocycles. The van der Waals surface area contributed by atoms with Crippen molar-refractivity contribution in [2.24, 2.45) is 0 Å². The number of hydrogen-bond donors (Lipinski definition) is 1. The monoisotopic (exact) mass is 368 g/mol. The lowest BCUT2D eigenvalue weighted by atomic mass is 10.1. The van der Waals surface area contributed by atoms with Crippen molar-refractivity contribution in [3.8, 4) is 0 Å². The lowest BCUT2D eigenvalue weighted by Gasteiger charge is -2.15. The van der Waals surface area contributed by atoms with Gasteiger partial charge in [-0.2, -0.15) is 11.3 Å². The number of methoxy groups -OCH3 is 1. The smallest absolute Gasteiger partial charge is 0.251 e. The second kappa shape index (κ2) is 7.89. The number of amides is 1. The molecule has 1 amide bonds. The molecule has 1 atom stereocenters. The summed E-state index contributed by atoms with van der Waals surface area (Å²) in [6.07, 6.45) is -0.214. The van der Waals surface area contributed by atoms with E-state index in [2.05, 4.69) is 5.32 Å². The molecule has 1 N–H and O–H groups in total. The standard InChI is InChI=1S/C16H20N2O4S2/c1-18(2)24(20,21)14-6-4-12(5-7-14)16(19)17-10-15(22-3)13-8-9-23-11-13/h4-9,11,15H,10H2,1-3H3,(H,17,19)/t15-/m0/s1. The second-order valence-electron chi connectivity index (χ2n) is 5.30. The summed E-state index contributed by atoms with van der Waals surface area (Å²) in [5.41, 5.74) is 1.41. The fourth-order valence-corrected chi connectivity index (χ4v) is 3.68. The number of thiophene rings is 1. The average Bonchev–Trinajstić information content (AvgIpc) is 3.09. The molecule has 8 heteroatoms. The summed E-state index contributed by atoms with van der Waals surface area (Å²) in [6.45, 7) is 0.337. The van der Waals surface area contributed by atoms with Gasteiger partial charge in [0.25, 0.3) is 5.91 Å². The number of carbonyl (C=O) groups excluding carboxylic acids is 1. The van der Waals surface area contributed by atoms with Gasteiger partial charge in [-0.05, 0) is 46.7 Å². The highest BCUT2D eigenvalue weighted by atomic mass is 32.2. The molecular weight excluding hydrogens is 348 g/mol. The Hall–Kier alpha value is -1.74. The van der Waals surface area contributed by atoms with Crippen LogP contribution >= 0.6 is 11.3 Å². The fraction of sp³-hybridized carbons (Fsp3) is 0.312. The molecule has 0 radical (unpaired) electrons. The van der Waals surface area contributed by atoms with Crippen LogP contribution in [0.5, 0.6) is 0 Å². The van der Waals surface area contributed by atoms with Crippen LogP contribution in [0.4, 0.5) is 0 Å². The van der Waals surface area contributed by atoms with E-state index in [-0.39, 0.29) is 16.9 Å². The molecule has 1 aromatic heterocycles. The quantitative estimate of drug-likeness (QED) is 0.812. The van der Waals surface area contributed by atoms with Crippen LogP contribution in [-0.2, 0) is 14.8 Å². The summed E-state index contributed by atoms with van der Waals surface area (Å²) < 4.78 is 30.5. The van der Waals surface area contributed by atoms with Gasteiger partial charge in [0.1, 0.15) is 6.10 Å². The van der Waals surface area contributed by atoms with Crippen molar-refractivity contribution < 1.29 is 17.9 Å². The summed E-state index contributed by atoms with van der Waals surface area (Å²) in [7, 11) is 1.02. The molecule has 0 aliphatic rings. The molecule has 0 spiro atoms. The van der Waals surface area contributed by atoms with Gasteiger partial charge in [0, 0.05) is 33.3 Å². The maximum atomic E-state index is 12.2. The van der Waals surface area contributed by atoms with Gasteiger partial charge in [0.2, 0.25) is 10.0 Å². The number of rotatable bonds is 7. The van der Waals surface area contributed by atoms with Crippen molar-refractivity contribution in [1.82, 2.24) is 9.62 Å². The number of carbonyl (C=O) groups is 1. The van der Waals surface area contributed by atoms with Crippen LogP contribution < -0.4 is 5.32 Å². The van der Waals surface area contributed by atoms with E-state index in [1.54, 1.807) is 18.4 Å². The molecule has 2 aromatic rings. The van der Waals surface area contributed by atoms with Gasteiger partial charge < -0.3 is 10.1 Å². The average molecular weight is 368 g/mol. The third-order valence-electron chi connectivity index (χ3n) is 3.54. The van der Waals surface area contributed by atoms with Crippen molar-refractivity contribution in [2.75, 3.05) is 27.7 Å². The van der Waals surface area contributed by atoms with E-state index in [0.29, 0.717) is 12.1 Å². The van der Waals surface area contributed by atoms with Gasteiger partial charge in [-0.1, -0.05) is 0 Å². The molecule has 0 bridgehead atoms. The Morgan fingerprint density at radius 3 is 2.42 bits per heavy atom. The molecule has 0 aliphatic carbocycles. The van der Waals surface area contributed by atoms with Gasteiger partial charge >= 0.3 is 0 Å². The number of hydrogen-bond acceptors (Lipinski definition) is 5. The van der Waals surface area contributed by atoms with Crippen molar-refractivity contribution in [3.05, 3.63) is 52.2 Å². The first kappa shape index (κ1) is 18.6. The van der Waals surface area contributed by atoms with Crippen LogP contribution in [0, 0.1) is 0 Å². The maximum Gasteiger partial charge on any atom is 0.251 e. The van der Waals surface area contributed by atoms with E-state index in [1.807, 2.05) is 16.8 Å². The first-order valence-corrected chi connectivity index (χ1v) is 9.60. The first-order chi connectivity index (χ1) is 11.4. The van der Waals surface area contributed by atoms with Crippen LogP contribution in [0.25, 0.3) is 0 Å². The van der Waals surface area contributed by atoms with Gasteiger partial charge in [-0.3, -0.25) is 4.79 Å². The Labute approximate surface area is 146 Å². The maximum absolute atomic E-state index is 12.2. The number of benzene rings is 1.